The first-order valence-corrected chi connectivity index (χ1v) is 11.5. The molecule has 0 amide bonds. The van der Waals surface area contributed by atoms with E-state index in [1.165, 1.54) is 7.11 Å². The highest BCUT2D eigenvalue weighted by atomic mass is 79.9. The summed E-state index contributed by atoms with van der Waals surface area (Å²) in [6.45, 7) is 1.85. The van der Waals surface area contributed by atoms with Gasteiger partial charge in [-0.15, -0.1) is 0 Å². The van der Waals surface area contributed by atoms with Crippen LogP contribution in [0.1, 0.15) is 42.7 Å². The van der Waals surface area contributed by atoms with Crippen LogP contribution in [0.3, 0.4) is 0 Å². The van der Waals surface area contributed by atoms with Gasteiger partial charge in [-0.2, -0.15) is 0 Å². The van der Waals surface area contributed by atoms with E-state index >= 15 is 0 Å². The highest BCUT2D eigenvalue weighted by Gasteiger charge is 2.41. The van der Waals surface area contributed by atoms with Gasteiger partial charge in [0.25, 0.3) is 0 Å². The van der Waals surface area contributed by atoms with Gasteiger partial charge in [0.05, 0.1) is 26.9 Å². The fraction of sp³-hybridized carbons (Fsp3) is 0.308. The maximum Gasteiger partial charge on any atom is 0.336 e. The fourth-order valence-corrected chi connectivity index (χ4v) is 5.30. The van der Waals surface area contributed by atoms with Crippen molar-refractivity contribution in [2.24, 2.45) is 0 Å². The zero-order valence-electron chi connectivity index (χ0n) is 19.0. The zero-order chi connectivity index (χ0) is 23.7. The SMILES string of the molecule is COC(=O)C1=C(C)NC2=C(C(=O)C[C@H](c3ccc(OC)c(OC)c3)C2)[C@H]1c1ccccc1Br. The van der Waals surface area contributed by atoms with E-state index in [2.05, 4.69) is 21.2 Å². The summed E-state index contributed by atoms with van der Waals surface area (Å²) in [5.74, 6) is 0.336. The second-order valence-corrected chi connectivity index (χ2v) is 9.00. The van der Waals surface area contributed by atoms with Crippen molar-refractivity contribution >= 4 is 27.7 Å². The number of carbonyl (C=O) groups is 2. The second-order valence-electron chi connectivity index (χ2n) is 8.14. The van der Waals surface area contributed by atoms with Crippen LogP contribution in [0.4, 0.5) is 0 Å². The summed E-state index contributed by atoms with van der Waals surface area (Å²) in [7, 11) is 4.56. The number of hydrogen-bond acceptors (Lipinski definition) is 6. The molecule has 0 unspecified atom stereocenters. The third-order valence-electron chi connectivity index (χ3n) is 6.33. The van der Waals surface area contributed by atoms with Crippen molar-refractivity contribution in [1.29, 1.82) is 0 Å². The molecule has 2 aliphatic rings. The summed E-state index contributed by atoms with van der Waals surface area (Å²) < 4.78 is 16.7. The van der Waals surface area contributed by atoms with Gasteiger partial charge in [0.15, 0.2) is 17.3 Å². The monoisotopic (exact) mass is 511 g/mol. The number of methoxy groups -OCH3 is 3. The Morgan fingerprint density at radius 3 is 2.42 bits per heavy atom. The van der Waals surface area contributed by atoms with Crippen molar-refractivity contribution in [2.75, 3.05) is 21.3 Å². The maximum absolute atomic E-state index is 13.6. The molecule has 4 rings (SSSR count). The van der Waals surface area contributed by atoms with Crippen LogP contribution in [-0.4, -0.2) is 33.1 Å². The average molecular weight is 512 g/mol. The van der Waals surface area contributed by atoms with Crippen LogP contribution in [-0.2, 0) is 14.3 Å². The Hall–Kier alpha value is -3.06. The summed E-state index contributed by atoms with van der Waals surface area (Å²) >= 11 is 3.61. The van der Waals surface area contributed by atoms with Crippen LogP contribution >= 0.6 is 15.9 Å². The molecule has 1 heterocycles. The summed E-state index contributed by atoms with van der Waals surface area (Å²) in [5.41, 5.74) is 4.50. The van der Waals surface area contributed by atoms with Gasteiger partial charge in [-0.1, -0.05) is 40.2 Å². The Morgan fingerprint density at radius 1 is 1.03 bits per heavy atom. The molecule has 0 bridgehead atoms. The molecule has 6 nitrogen and oxygen atoms in total. The topological polar surface area (TPSA) is 73.9 Å². The minimum atomic E-state index is -0.497. The minimum Gasteiger partial charge on any atom is -0.493 e. The third-order valence-corrected chi connectivity index (χ3v) is 7.05. The Balaban J connectivity index is 1.79. The molecule has 0 radical (unpaired) electrons. The highest BCUT2D eigenvalue weighted by molar-refractivity contribution is 9.10. The van der Waals surface area contributed by atoms with E-state index in [1.807, 2.05) is 49.4 Å². The van der Waals surface area contributed by atoms with E-state index in [1.54, 1.807) is 14.2 Å². The molecule has 2 aromatic rings. The lowest BCUT2D eigenvalue weighted by Gasteiger charge is -2.37. The quantitative estimate of drug-likeness (QED) is 0.569. The van der Waals surface area contributed by atoms with Crippen molar-refractivity contribution in [3.63, 3.8) is 0 Å². The Morgan fingerprint density at radius 2 is 1.76 bits per heavy atom. The molecule has 1 N–H and O–H groups in total. The third kappa shape index (κ3) is 4.17. The number of esters is 1. The second kappa shape index (κ2) is 9.43. The first-order valence-electron chi connectivity index (χ1n) is 10.7. The molecular weight excluding hydrogens is 486 g/mol. The number of allylic oxidation sites excluding steroid dienone is 3. The smallest absolute Gasteiger partial charge is 0.336 e. The van der Waals surface area contributed by atoms with Crippen LogP contribution in [0.2, 0.25) is 0 Å². The van der Waals surface area contributed by atoms with Gasteiger partial charge >= 0.3 is 5.97 Å². The van der Waals surface area contributed by atoms with Gasteiger partial charge < -0.3 is 19.5 Å². The number of Topliss-reactive ketones (excluding diaryl/α,β-unsaturated/α-hetero) is 1. The first-order chi connectivity index (χ1) is 15.9. The average Bonchev–Trinajstić information content (AvgIpc) is 2.82. The minimum absolute atomic E-state index is 0.0122. The van der Waals surface area contributed by atoms with Crippen LogP contribution < -0.4 is 14.8 Å². The lowest BCUT2D eigenvalue weighted by Crippen LogP contribution is -2.36. The van der Waals surface area contributed by atoms with Crippen molar-refractivity contribution in [3.05, 3.63) is 80.6 Å². The number of hydrogen-bond donors (Lipinski definition) is 1. The molecular formula is C26H26BrNO5. The van der Waals surface area contributed by atoms with E-state index in [0.29, 0.717) is 41.2 Å². The molecule has 172 valence electrons. The lowest BCUT2D eigenvalue weighted by molar-refractivity contribution is -0.136. The standard InChI is InChI=1S/C26H26BrNO5/c1-14-23(26(30)33-4)24(17-7-5-6-8-18(17)27)25-19(28-14)11-16(12-20(25)29)15-9-10-21(31-2)22(13-15)32-3/h5-10,13,16,24,28H,11-12H2,1-4H3/t16-,24+/m1/s1. The molecule has 0 spiro atoms. The van der Waals surface area contributed by atoms with Crippen molar-refractivity contribution < 1.29 is 23.8 Å². The highest BCUT2D eigenvalue weighted by Crippen LogP contribution is 2.47. The Kier molecular flexibility index (Phi) is 6.61. The van der Waals surface area contributed by atoms with E-state index in [4.69, 9.17) is 14.2 Å². The van der Waals surface area contributed by atoms with Crippen molar-refractivity contribution in [2.45, 2.75) is 31.6 Å². The van der Waals surface area contributed by atoms with Crippen molar-refractivity contribution in [3.8, 4) is 11.5 Å². The molecule has 1 aliphatic heterocycles. The molecule has 0 aromatic heterocycles. The van der Waals surface area contributed by atoms with Crippen LogP contribution in [0.25, 0.3) is 0 Å². The van der Waals surface area contributed by atoms with Gasteiger partial charge in [0.1, 0.15) is 0 Å². The van der Waals surface area contributed by atoms with E-state index in [-0.39, 0.29) is 11.7 Å². The maximum atomic E-state index is 13.6. The Bertz CT molecular complexity index is 1180. The van der Waals surface area contributed by atoms with E-state index in [0.717, 1.165) is 21.3 Å². The number of carbonyl (C=O) groups excluding carboxylic acids is 2. The molecule has 7 heteroatoms. The van der Waals surface area contributed by atoms with Gasteiger partial charge in [0, 0.05) is 33.8 Å². The summed E-state index contributed by atoms with van der Waals surface area (Å²) in [6, 6.07) is 13.4. The zero-order valence-corrected chi connectivity index (χ0v) is 20.6. The predicted octanol–water partition coefficient (Wildman–Crippen LogP) is 5.00. The normalized spacial score (nSPS) is 20.2. The number of rotatable bonds is 5. The summed E-state index contributed by atoms with van der Waals surface area (Å²) in [6.07, 6.45) is 0.980. The predicted molar refractivity (Wildman–Crippen MR) is 128 cm³/mol. The number of ether oxygens (including phenoxy) is 3. The molecule has 0 saturated heterocycles. The van der Waals surface area contributed by atoms with Crippen LogP contribution in [0.15, 0.2) is 69.5 Å². The molecule has 0 fully saturated rings. The van der Waals surface area contributed by atoms with Gasteiger partial charge in [0.2, 0.25) is 0 Å². The molecule has 33 heavy (non-hydrogen) atoms. The fourth-order valence-electron chi connectivity index (χ4n) is 4.78. The molecule has 2 aromatic carbocycles. The number of ketones is 1. The molecule has 2 atom stereocenters. The number of halogens is 1. The number of dihydropyridines is 1. The van der Waals surface area contributed by atoms with Gasteiger partial charge in [-0.05, 0) is 48.6 Å². The van der Waals surface area contributed by atoms with Crippen LogP contribution in [0, 0.1) is 0 Å². The van der Waals surface area contributed by atoms with Gasteiger partial charge in [-0.25, -0.2) is 4.79 Å². The summed E-state index contributed by atoms with van der Waals surface area (Å²) in [4.78, 5) is 26.4. The van der Waals surface area contributed by atoms with E-state index in [9.17, 15) is 9.59 Å². The molecule has 0 saturated carbocycles. The largest absolute Gasteiger partial charge is 0.493 e. The number of benzene rings is 2. The van der Waals surface area contributed by atoms with Crippen LogP contribution in [0.5, 0.6) is 11.5 Å². The lowest BCUT2D eigenvalue weighted by atomic mass is 9.71. The Labute approximate surface area is 201 Å². The first kappa shape index (κ1) is 23.1. The van der Waals surface area contributed by atoms with Gasteiger partial charge in [-0.3, -0.25) is 4.79 Å². The van der Waals surface area contributed by atoms with Crippen molar-refractivity contribution in [1.82, 2.24) is 5.32 Å². The summed E-state index contributed by atoms with van der Waals surface area (Å²) in [5, 5.41) is 3.35. The van der Waals surface area contributed by atoms with E-state index < -0.39 is 11.9 Å². The molecule has 1 aliphatic carbocycles. The number of nitrogens with one attached hydrogen (secondary N) is 1.